The van der Waals surface area contributed by atoms with Crippen molar-refractivity contribution in [2.45, 2.75) is 24.8 Å². The summed E-state index contributed by atoms with van der Waals surface area (Å²) in [5, 5.41) is 8.64. The maximum absolute atomic E-state index is 11.6. The molecule has 0 atom stereocenters. The van der Waals surface area contributed by atoms with E-state index in [1.165, 1.54) is 11.8 Å². The van der Waals surface area contributed by atoms with Gasteiger partial charge in [0.15, 0.2) is 5.78 Å². The van der Waals surface area contributed by atoms with Gasteiger partial charge in [-0.1, -0.05) is 30.0 Å². The molecule has 0 bridgehead atoms. The van der Waals surface area contributed by atoms with Gasteiger partial charge in [0.2, 0.25) is 5.89 Å². The summed E-state index contributed by atoms with van der Waals surface area (Å²) in [7, 11) is 0. The van der Waals surface area contributed by atoms with E-state index in [0.29, 0.717) is 29.0 Å². The van der Waals surface area contributed by atoms with Crippen LogP contribution in [0.3, 0.4) is 0 Å². The molecule has 25 heavy (non-hydrogen) atoms. The number of Topliss-reactive ketones (excluding diaryl/α,β-unsaturated/α-hetero) is 1. The van der Waals surface area contributed by atoms with E-state index >= 15 is 0 Å². The molecule has 1 heterocycles. The summed E-state index contributed by atoms with van der Waals surface area (Å²) in [6.45, 7) is 4.05. The highest BCUT2D eigenvalue weighted by molar-refractivity contribution is 7.98. The van der Waals surface area contributed by atoms with Gasteiger partial charge in [-0.25, -0.2) is 0 Å². The third-order valence-corrected chi connectivity index (χ3v) is 4.41. The van der Waals surface area contributed by atoms with E-state index in [0.717, 1.165) is 16.9 Å². The van der Waals surface area contributed by atoms with Crippen LogP contribution < -0.4 is 4.74 Å². The number of hydrogen-bond donors (Lipinski definition) is 0. The van der Waals surface area contributed by atoms with E-state index in [1.807, 2.05) is 49.4 Å². The first-order valence-electron chi connectivity index (χ1n) is 7.95. The Balaban J connectivity index is 1.76. The smallest absolute Gasteiger partial charge is 0.277 e. The van der Waals surface area contributed by atoms with Gasteiger partial charge in [0.25, 0.3) is 5.22 Å². The van der Waals surface area contributed by atoms with Gasteiger partial charge < -0.3 is 9.15 Å². The lowest BCUT2D eigenvalue weighted by Gasteiger charge is -2.10. The van der Waals surface area contributed by atoms with Gasteiger partial charge in [0, 0.05) is 22.4 Å². The molecular weight excluding hydrogens is 336 g/mol. The third-order valence-electron chi connectivity index (χ3n) is 3.55. The number of thioether (sulfide) groups is 1. The predicted molar refractivity (Wildman–Crippen MR) is 96.9 cm³/mol. The van der Waals surface area contributed by atoms with Crippen LogP contribution in [0.15, 0.2) is 58.2 Å². The largest absolute Gasteiger partial charge is 0.494 e. The molecule has 0 aliphatic carbocycles. The highest BCUT2D eigenvalue weighted by Gasteiger charge is 2.12. The predicted octanol–water partition coefficient (Wildman–Crippen LogP) is 4.63. The molecule has 128 valence electrons. The molecule has 6 heteroatoms. The quantitative estimate of drug-likeness (QED) is 0.455. The Labute approximate surface area is 150 Å². The van der Waals surface area contributed by atoms with Crippen molar-refractivity contribution in [3.63, 3.8) is 0 Å². The normalized spacial score (nSPS) is 10.6. The maximum Gasteiger partial charge on any atom is 0.277 e. The van der Waals surface area contributed by atoms with Gasteiger partial charge in [-0.3, -0.25) is 4.79 Å². The number of ketones is 1. The molecule has 5 nitrogen and oxygen atoms in total. The van der Waals surface area contributed by atoms with Gasteiger partial charge in [-0.2, -0.15) is 0 Å². The third kappa shape index (κ3) is 4.28. The molecule has 0 radical (unpaired) electrons. The van der Waals surface area contributed by atoms with Crippen molar-refractivity contribution >= 4 is 17.5 Å². The minimum Gasteiger partial charge on any atom is -0.494 e. The number of benzene rings is 2. The lowest BCUT2D eigenvalue weighted by atomic mass is 10.1. The van der Waals surface area contributed by atoms with Crippen LogP contribution in [0.1, 0.15) is 29.8 Å². The first-order chi connectivity index (χ1) is 12.2. The SMILES string of the molecule is CCOc1ccc(C(C)=O)cc1CSc1nnc(-c2ccccc2)o1. The first-order valence-corrected chi connectivity index (χ1v) is 8.94. The molecule has 0 amide bonds. The van der Waals surface area contributed by atoms with Crippen LogP contribution in [-0.4, -0.2) is 22.6 Å². The fourth-order valence-electron chi connectivity index (χ4n) is 2.31. The fraction of sp³-hybridized carbons (Fsp3) is 0.211. The molecule has 0 spiro atoms. The van der Waals surface area contributed by atoms with Crippen molar-refractivity contribution in [2.24, 2.45) is 0 Å². The molecule has 0 unspecified atom stereocenters. The second-order valence-corrected chi connectivity index (χ2v) is 6.27. The van der Waals surface area contributed by atoms with Gasteiger partial charge in [-0.05, 0) is 44.2 Å². The lowest BCUT2D eigenvalue weighted by molar-refractivity contribution is 0.101. The van der Waals surface area contributed by atoms with Crippen molar-refractivity contribution in [2.75, 3.05) is 6.61 Å². The molecule has 0 saturated heterocycles. The summed E-state index contributed by atoms with van der Waals surface area (Å²) in [4.78, 5) is 11.6. The zero-order valence-electron chi connectivity index (χ0n) is 14.1. The molecule has 0 saturated carbocycles. The van der Waals surface area contributed by atoms with Crippen LogP contribution >= 0.6 is 11.8 Å². The van der Waals surface area contributed by atoms with Gasteiger partial charge >= 0.3 is 0 Å². The van der Waals surface area contributed by atoms with Crippen molar-refractivity contribution in [3.05, 3.63) is 59.7 Å². The second-order valence-electron chi connectivity index (χ2n) is 5.34. The number of ether oxygens (including phenoxy) is 1. The Morgan fingerprint density at radius 1 is 1.16 bits per heavy atom. The number of rotatable bonds is 7. The van der Waals surface area contributed by atoms with Crippen LogP contribution in [0.4, 0.5) is 0 Å². The summed E-state index contributed by atoms with van der Waals surface area (Å²) in [5.74, 6) is 1.86. The lowest BCUT2D eigenvalue weighted by Crippen LogP contribution is -1.99. The van der Waals surface area contributed by atoms with E-state index in [4.69, 9.17) is 9.15 Å². The molecule has 2 aromatic carbocycles. The standard InChI is InChI=1S/C19H18N2O3S/c1-3-23-17-10-9-15(13(2)22)11-16(17)12-25-19-21-20-18(24-19)14-7-5-4-6-8-14/h4-11H,3,12H2,1-2H3. The van der Waals surface area contributed by atoms with Crippen LogP contribution in [0, 0.1) is 0 Å². The van der Waals surface area contributed by atoms with E-state index < -0.39 is 0 Å². The Hall–Kier alpha value is -2.60. The minimum absolute atomic E-state index is 0.0263. The van der Waals surface area contributed by atoms with Crippen molar-refractivity contribution < 1.29 is 13.9 Å². The van der Waals surface area contributed by atoms with E-state index in [-0.39, 0.29) is 5.78 Å². The van der Waals surface area contributed by atoms with Gasteiger partial charge in [0.05, 0.1) is 6.61 Å². The van der Waals surface area contributed by atoms with Crippen LogP contribution in [0.2, 0.25) is 0 Å². The summed E-state index contributed by atoms with van der Waals surface area (Å²) < 4.78 is 11.3. The molecule has 0 fully saturated rings. The van der Waals surface area contributed by atoms with Crippen molar-refractivity contribution in [1.29, 1.82) is 0 Å². The maximum atomic E-state index is 11.6. The van der Waals surface area contributed by atoms with E-state index in [2.05, 4.69) is 10.2 Å². The average molecular weight is 354 g/mol. The Morgan fingerprint density at radius 3 is 2.68 bits per heavy atom. The van der Waals surface area contributed by atoms with Crippen molar-refractivity contribution in [3.8, 4) is 17.2 Å². The summed E-state index contributed by atoms with van der Waals surface area (Å²) in [6, 6.07) is 15.1. The topological polar surface area (TPSA) is 65.2 Å². The zero-order valence-corrected chi connectivity index (χ0v) is 14.9. The Bertz CT molecular complexity index is 862. The Morgan fingerprint density at radius 2 is 1.96 bits per heavy atom. The molecule has 0 aliphatic rings. The van der Waals surface area contributed by atoms with E-state index in [9.17, 15) is 4.79 Å². The summed E-state index contributed by atoms with van der Waals surface area (Å²) in [5.41, 5.74) is 2.48. The molecular formula is C19H18N2O3S. The number of carbonyl (C=O) groups is 1. The summed E-state index contributed by atoms with van der Waals surface area (Å²) in [6.07, 6.45) is 0. The van der Waals surface area contributed by atoms with Gasteiger partial charge in [0.1, 0.15) is 5.75 Å². The number of aromatic nitrogens is 2. The number of nitrogens with zero attached hydrogens (tertiary/aromatic N) is 2. The average Bonchev–Trinajstić information content (AvgIpc) is 3.11. The highest BCUT2D eigenvalue weighted by Crippen LogP contribution is 2.30. The number of hydrogen-bond acceptors (Lipinski definition) is 6. The van der Waals surface area contributed by atoms with Crippen LogP contribution in [0.25, 0.3) is 11.5 Å². The monoisotopic (exact) mass is 354 g/mol. The van der Waals surface area contributed by atoms with Gasteiger partial charge in [-0.15, -0.1) is 10.2 Å². The second kappa shape index (κ2) is 7.98. The van der Waals surface area contributed by atoms with Crippen molar-refractivity contribution in [1.82, 2.24) is 10.2 Å². The van der Waals surface area contributed by atoms with Crippen LogP contribution in [0.5, 0.6) is 5.75 Å². The highest BCUT2D eigenvalue weighted by atomic mass is 32.2. The molecule has 3 rings (SSSR count). The molecule has 0 N–H and O–H groups in total. The molecule has 0 aliphatic heterocycles. The first kappa shape index (κ1) is 17.2. The summed E-state index contributed by atoms with van der Waals surface area (Å²) >= 11 is 1.42. The van der Waals surface area contributed by atoms with E-state index in [1.54, 1.807) is 13.0 Å². The molecule has 3 aromatic rings. The molecule has 1 aromatic heterocycles. The fourth-order valence-corrected chi connectivity index (χ4v) is 3.05. The Kier molecular flexibility index (Phi) is 5.50. The minimum atomic E-state index is 0.0263. The zero-order chi connectivity index (χ0) is 17.6. The number of carbonyl (C=O) groups excluding carboxylic acids is 1. The van der Waals surface area contributed by atoms with Crippen LogP contribution in [-0.2, 0) is 5.75 Å².